The highest BCUT2D eigenvalue weighted by Crippen LogP contribution is 1.96. The maximum absolute atomic E-state index is 4.22. The lowest BCUT2D eigenvalue weighted by Crippen LogP contribution is -2.39. The molecule has 4 heteroatoms. The van der Waals surface area contributed by atoms with Gasteiger partial charge in [-0.2, -0.15) is 0 Å². The van der Waals surface area contributed by atoms with E-state index in [0.717, 1.165) is 51.0 Å². The standard InChI is InChI=1S/C14H32N4/c1-6-18(7-2)12-8-10-16-14(15-5)17-11-9-13(3)4/h13H,6-12H2,1-5H3,(H2,15,16,17). The topological polar surface area (TPSA) is 39.7 Å². The zero-order valence-electron chi connectivity index (χ0n) is 12.9. The fourth-order valence-corrected chi connectivity index (χ4v) is 1.75. The highest BCUT2D eigenvalue weighted by molar-refractivity contribution is 5.79. The van der Waals surface area contributed by atoms with Crippen LogP contribution >= 0.6 is 0 Å². The Hall–Kier alpha value is -0.770. The second kappa shape index (κ2) is 11.3. The van der Waals surface area contributed by atoms with Crippen molar-refractivity contribution >= 4 is 5.96 Å². The SMILES string of the molecule is CCN(CC)CCCNC(=NC)NCCC(C)C. The van der Waals surface area contributed by atoms with E-state index in [4.69, 9.17) is 0 Å². The van der Waals surface area contributed by atoms with Crippen LogP contribution in [-0.4, -0.2) is 50.6 Å². The molecule has 0 aliphatic carbocycles. The van der Waals surface area contributed by atoms with Crippen LogP contribution in [0.5, 0.6) is 0 Å². The first-order valence-corrected chi connectivity index (χ1v) is 7.30. The predicted octanol–water partition coefficient (Wildman–Crippen LogP) is 1.93. The van der Waals surface area contributed by atoms with Crippen molar-refractivity contribution < 1.29 is 0 Å². The molecule has 0 aromatic heterocycles. The van der Waals surface area contributed by atoms with E-state index in [1.165, 1.54) is 6.42 Å². The van der Waals surface area contributed by atoms with Gasteiger partial charge in [-0.3, -0.25) is 4.99 Å². The van der Waals surface area contributed by atoms with Crippen LogP contribution in [0.25, 0.3) is 0 Å². The van der Waals surface area contributed by atoms with Gasteiger partial charge in [-0.25, -0.2) is 0 Å². The lowest BCUT2D eigenvalue weighted by molar-refractivity contribution is 0.300. The third-order valence-corrected chi connectivity index (χ3v) is 3.08. The molecule has 0 radical (unpaired) electrons. The van der Waals surface area contributed by atoms with Gasteiger partial charge in [-0.1, -0.05) is 27.7 Å². The van der Waals surface area contributed by atoms with Crippen molar-refractivity contribution in [2.45, 2.75) is 40.5 Å². The van der Waals surface area contributed by atoms with Crippen molar-refractivity contribution in [3.63, 3.8) is 0 Å². The summed E-state index contributed by atoms with van der Waals surface area (Å²) < 4.78 is 0. The summed E-state index contributed by atoms with van der Waals surface area (Å²) in [5, 5.41) is 6.70. The Morgan fingerprint density at radius 1 is 1.11 bits per heavy atom. The van der Waals surface area contributed by atoms with Gasteiger partial charge < -0.3 is 15.5 Å². The van der Waals surface area contributed by atoms with Crippen molar-refractivity contribution in [3.05, 3.63) is 0 Å². The molecule has 0 heterocycles. The monoisotopic (exact) mass is 256 g/mol. The Kier molecular flexibility index (Phi) is 10.8. The first kappa shape index (κ1) is 17.2. The first-order chi connectivity index (χ1) is 8.63. The van der Waals surface area contributed by atoms with E-state index in [1.807, 2.05) is 7.05 Å². The maximum atomic E-state index is 4.22. The molecule has 0 unspecified atom stereocenters. The minimum Gasteiger partial charge on any atom is -0.356 e. The summed E-state index contributed by atoms with van der Waals surface area (Å²) in [6, 6.07) is 0. The lowest BCUT2D eigenvalue weighted by Gasteiger charge is -2.18. The third-order valence-electron chi connectivity index (χ3n) is 3.08. The Morgan fingerprint density at radius 3 is 2.22 bits per heavy atom. The van der Waals surface area contributed by atoms with Crippen molar-refractivity contribution in [1.29, 1.82) is 0 Å². The van der Waals surface area contributed by atoms with Crippen LogP contribution in [0, 0.1) is 5.92 Å². The Balaban J connectivity index is 3.62. The average molecular weight is 256 g/mol. The zero-order valence-corrected chi connectivity index (χ0v) is 12.9. The molecule has 0 amide bonds. The van der Waals surface area contributed by atoms with Gasteiger partial charge in [0.05, 0.1) is 0 Å². The van der Waals surface area contributed by atoms with Crippen LogP contribution in [0.3, 0.4) is 0 Å². The number of hydrogen-bond donors (Lipinski definition) is 2. The van der Waals surface area contributed by atoms with Gasteiger partial charge in [0.25, 0.3) is 0 Å². The molecule has 4 nitrogen and oxygen atoms in total. The van der Waals surface area contributed by atoms with Crippen LogP contribution < -0.4 is 10.6 Å². The molecule has 2 N–H and O–H groups in total. The van der Waals surface area contributed by atoms with Gasteiger partial charge >= 0.3 is 0 Å². The maximum Gasteiger partial charge on any atom is 0.190 e. The minimum atomic E-state index is 0.735. The van der Waals surface area contributed by atoms with E-state index in [2.05, 4.69) is 48.2 Å². The number of guanidine groups is 1. The highest BCUT2D eigenvalue weighted by Gasteiger charge is 2.00. The van der Waals surface area contributed by atoms with Crippen LogP contribution in [0.2, 0.25) is 0 Å². The van der Waals surface area contributed by atoms with Gasteiger partial charge in [0.15, 0.2) is 5.96 Å². The molecule has 0 aromatic carbocycles. The van der Waals surface area contributed by atoms with E-state index in [9.17, 15) is 0 Å². The van der Waals surface area contributed by atoms with Gasteiger partial charge in [-0.15, -0.1) is 0 Å². The fourth-order valence-electron chi connectivity index (χ4n) is 1.75. The van der Waals surface area contributed by atoms with Crippen molar-refractivity contribution in [1.82, 2.24) is 15.5 Å². The summed E-state index contributed by atoms with van der Waals surface area (Å²) in [5.41, 5.74) is 0. The Morgan fingerprint density at radius 2 is 1.72 bits per heavy atom. The van der Waals surface area contributed by atoms with Gasteiger partial charge in [0.2, 0.25) is 0 Å². The number of nitrogens with zero attached hydrogens (tertiary/aromatic N) is 2. The molecule has 0 spiro atoms. The molecule has 0 aromatic rings. The molecule has 0 bridgehead atoms. The summed E-state index contributed by atoms with van der Waals surface area (Å²) in [5.74, 6) is 1.66. The normalized spacial score (nSPS) is 12.3. The van der Waals surface area contributed by atoms with Crippen LogP contribution in [0.4, 0.5) is 0 Å². The Bertz CT molecular complexity index is 210. The van der Waals surface area contributed by atoms with Crippen molar-refractivity contribution in [2.24, 2.45) is 10.9 Å². The molecule has 0 saturated carbocycles. The van der Waals surface area contributed by atoms with Crippen LogP contribution in [0.1, 0.15) is 40.5 Å². The minimum absolute atomic E-state index is 0.735. The van der Waals surface area contributed by atoms with Crippen LogP contribution in [0.15, 0.2) is 4.99 Å². The lowest BCUT2D eigenvalue weighted by atomic mass is 10.1. The summed E-state index contributed by atoms with van der Waals surface area (Å²) >= 11 is 0. The van der Waals surface area contributed by atoms with Gasteiger partial charge in [0.1, 0.15) is 0 Å². The molecular weight excluding hydrogens is 224 g/mol. The van der Waals surface area contributed by atoms with Crippen molar-refractivity contribution in [3.8, 4) is 0 Å². The third kappa shape index (κ3) is 9.28. The van der Waals surface area contributed by atoms with Crippen molar-refractivity contribution in [2.75, 3.05) is 39.8 Å². The van der Waals surface area contributed by atoms with E-state index in [-0.39, 0.29) is 0 Å². The highest BCUT2D eigenvalue weighted by atomic mass is 15.2. The smallest absolute Gasteiger partial charge is 0.190 e. The molecular formula is C14H32N4. The zero-order chi connectivity index (χ0) is 13.8. The molecule has 0 aliphatic rings. The molecule has 0 fully saturated rings. The fraction of sp³-hybridized carbons (Fsp3) is 0.929. The van der Waals surface area contributed by atoms with E-state index < -0.39 is 0 Å². The summed E-state index contributed by atoms with van der Waals surface area (Å²) in [6.45, 7) is 14.3. The largest absolute Gasteiger partial charge is 0.356 e. The second-order valence-electron chi connectivity index (χ2n) is 4.99. The molecule has 108 valence electrons. The number of nitrogens with one attached hydrogen (secondary N) is 2. The summed E-state index contributed by atoms with van der Waals surface area (Å²) in [7, 11) is 1.83. The molecule has 0 aliphatic heterocycles. The Labute approximate surface area is 113 Å². The number of hydrogen-bond acceptors (Lipinski definition) is 2. The molecule has 0 saturated heterocycles. The van der Waals surface area contributed by atoms with Gasteiger partial charge in [0, 0.05) is 20.1 Å². The molecule has 0 atom stereocenters. The predicted molar refractivity (Wildman–Crippen MR) is 81.2 cm³/mol. The van der Waals surface area contributed by atoms with E-state index in [0.29, 0.717) is 0 Å². The quantitative estimate of drug-likeness (QED) is 0.376. The summed E-state index contributed by atoms with van der Waals surface area (Å²) in [6.07, 6.45) is 2.34. The number of rotatable bonds is 9. The number of aliphatic imine (C=N–C) groups is 1. The van der Waals surface area contributed by atoms with Crippen LogP contribution in [-0.2, 0) is 0 Å². The first-order valence-electron chi connectivity index (χ1n) is 7.30. The van der Waals surface area contributed by atoms with Gasteiger partial charge in [-0.05, 0) is 38.4 Å². The summed E-state index contributed by atoms with van der Waals surface area (Å²) in [4.78, 5) is 6.66. The molecule has 0 rings (SSSR count). The van der Waals surface area contributed by atoms with E-state index in [1.54, 1.807) is 0 Å². The average Bonchev–Trinajstić information content (AvgIpc) is 2.36. The van der Waals surface area contributed by atoms with E-state index >= 15 is 0 Å². The molecule has 18 heavy (non-hydrogen) atoms. The second-order valence-corrected chi connectivity index (χ2v) is 4.99.